The van der Waals surface area contributed by atoms with Crippen molar-refractivity contribution in [3.63, 3.8) is 0 Å². The first-order valence-corrected chi connectivity index (χ1v) is 15.8. The molecule has 37 heavy (non-hydrogen) atoms. The molecule has 0 amide bonds. The predicted octanol–water partition coefficient (Wildman–Crippen LogP) is 10.5. The van der Waals surface area contributed by atoms with E-state index in [2.05, 4.69) is 38.2 Å². The van der Waals surface area contributed by atoms with Gasteiger partial charge in [-0.1, -0.05) is 109 Å². The number of ether oxygens (including phenoxy) is 1. The van der Waals surface area contributed by atoms with E-state index < -0.39 is 5.97 Å². The number of hydrogen-bond acceptors (Lipinski definition) is 3. The van der Waals surface area contributed by atoms with Crippen molar-refractivity contribution in [2.24, 2.45) is 0 Å². The van der Waals surface area contributed by atoms with Crippen molar-refractivity contribution in [1.82, 2.24) is 0 Å². The normalized spacial score (nSPS) is 12.5. The van der Waals surface area contributed by atoms with Crippen molar-refractivity contribution in [3.8, 4) is 0 Å². The minimum absolute atomic E-state index is 0.0282. The second-order valence-corrected chi connectivity index (χ2v) is 10.6. The van der Waals surface area contributed by atoms with E-state index >= 15 is 0 Å². The van der Waals surface area contributed by atoms with Gasteiger partial charge in [-0.3, -0.25) is 9.59 Å². The summed E-state index contributed by atoms with van der Waals surface area (Å²) in [7, 11) is 0. The molecule has 216 valence electrons. The molecular formula is C33H60O4. The first-order chi connectivity index (χ1) is 18.1. The number of allylic oxidation sites excluding steroid dienone is 4. The zero-order chi connectivity index (χ0) is 27.2. The highest BCUT2D eigenvalue weighted by atomic mass is 16.5. The quantitative estimate of drug-likeness (QED) is 0.0633. The fraction of sp³-hybridized carbons (Fsp3) is 0.818. The van der Waals surface area contributed by atoms with Crippen LogP contribution >= 0.6 is 0 Å². The Labute approximate surface area is 229 Å². The van der Waals surface area contributed by atoms with Crippen molar-refractivity contribution in [2.75, 3.05) is 0 Å². The van der Waals surface area contributed by atoms with Crippen molar-refractivity contribution in [1.29, 1.82) is 0 Å². The third kappa shape index (κ3) is 28.8. The molecule has 4 nitrogen and oxygen atoms in total. The molecule has 4 heteroatoms. The van der Waals surface area contributed by atoms with Crippen molar-refractivity contribution in [2.45, 2.75) is 174 Å². The van der Waals surface area contributed by atoms with Gasteiger partial charge in [0.1, 0.15) is 6.10 Å². The van der Waals surface area contributed by atoms with Gasteiger partial charge in [0, 0.05) is 12.8 Å². The summed E-state index contributed by atoms with van der Waals surface area (Å²) >= 11 is 0. The molecule has 0 heterocycles. The molecule has 0 aliphatic rings. The van der Waals surface area contributed by atoms with Crippen LogP contribution in [-0.4, -0.2) is 23.1 Å². The van der Waals surface area contributed by atoms with Gasteiger partial charge in [-0.2, -0.15) is 0 Å². The lowest BCUT2D eigenvalue weighted by Gasteiger charge is -2.18. The largest absolute Gasteiger partial charge is 0.481 e. The van der Waals surface area contributed by atoms with E-state index in [1.165, 1.54) is 64.2 Å². The average Bonchev–Trinajstić information content (AvgIpc) is 2.88. The molecule has 0 saturated heterocycles. The topological polar surface area (TPSA) is 63.6 Å². The molecule has 0 spiro atoms. The SMILES string of the molecule is CCCCCCC/C=C\C/C=C\CCCCCC(CCCCCCCC(=O)O)OC(=O)CCCCCC. The average molecular weight is 521 g/mol. The number of rotatable bonds is 28. The Bertz CT molecular complexity index is 567. The molecule has 0 aromatic rings. The molecular weight excluding hydrogens is 460 g/mol. The lowest BCUT2D eigenvalue weighted by atomic mass is 10.0. The molecule has 0 saturated carbocycles. The number of carboxylic acid groups (broad SMARTS) is 1. The van der Waals surface area contributed by atoms with E-state index in [0.29, 0.717) is 6.42 Å². The van der Waals surface area contributed by atoms with Gasteiger partial charge in [-0.05, 0) is 70.6 Å². The number of carbonyl (C=O) groups is 2. The fourth-order valence-electron chi connectivity index (χ4n) is 4.57. The standard InChI is InChI=1S/C33H60O4/c1-3-5-7-9-10-11-12-13-14-15-16-17-18-20-23-27-31(37-33(36)30-26-8-6-4-2)28-24-21-19-22-25-29-32(34)35/h12-13,15-16,31H,3-11,14,17-30H2,1-2H3,(H,34,35)/b13-12-,16-15-. The molecule has 0 rings (SSSR count). The van der Waals surface area contributed by atoms with E-state index in [-0.39, 0.29) is 18.5 Å². The molecule has 0 aromatic heterocycles. The summed E-state index contributed by atoms with van der Waals surface area (Å²) in [6.07, 6.45) is 34.9. The Balaban J connectivity index is 4.03. The van der Waals surface area contributed by atoms with E-state index in [4.69, 9.17) is 9.84 Å². The number of esters is 1. The molecule has 1 N–H and O–H groups in total. The first kappa shape index (κ1) is 35.4. The predicted molar refractivity (Wildman–Crippen MR) is 158 cm³/mol. The van der Waals surface area contributed by atoms with E-state index in [1.807, 2.05) is 0 Å². The van der Waals surface area contributed by atoms with Gasteiger partial charge in [0.2, 0.25) is 0 Å². The minimum Gasteiger partial charge on any atom is -0.481 e. The van der Waals surface area contributed by atoms with E-state index in [9.17, 15) is 9.59 Å². The first-order valence-electron chi connectivity index (χ1n) is 15.8. The third-order valence-electron chi connectivity index (χ3n) is 6.93. The van der Waals surface area contributed by atoms with Crippen LogP contribution in [0.4, 0.5) is 0 Å². The fourth-order valence-corrected chi connectivity index (χ4v) is 4.57. The maximum atomic E-state index is 12.3. The molecule has 1 unspecified atom stereocenters. The second kappa shape index (κ2) is 29.0. The molecule has 0 fully saturated rings. The van der Waals surface area contributed by atoms with Gasteiger partial charge in [-0.25, -0.2) is 0 Å². The molecule has 0 aromatic carbocycles. The van der Waals surface area contributed by atoms with E-state index in [1.54, 1.807) is 0 Å². The summed E-state index contributed by atoms with van der Waals surface area (Å²) < 4.78 is 5.87. The van der Waals surface area contributed by atoms with Crippen LogP contribution in [0.25, 0.3) is 0 Å². The Morgan fingerprint density at radius 1 is 0.595 bits per heavy atom. The highest BCUT2D eigenvalue weighted by molar-refractivity contribution is 5.69. The highest BCUT2D eigenvalue weighted by Gasteiger charge is 2.14. The van der Waals surface area contributed by atoms with Crippen LogP contribution in [-0.2, 0) is 14.3 Å². The molecule has 0 radical (unpaired) electrons. The van der Waals surface area contributed by atoms with Crippen molar-refractivity contribution in [3.05, 3.63) is 24.3 Å². The van der Waals surface area contributed by atoms with Crippen LogP contribution in [0.2, 0.25) is 0 Å². The van der Waals surface area contributed by atoms with Gasteiger partial charge in [-0.15, -0.1) is 0 Å². The number of carboxylic acids is 1. The number of aliphatic carboxylic acids is 1. The number of unbranched alkanes of at least 4 members (excludes halogenated alkanes) is 15. The van der Waals surface area contributed by atoms with Gasteiger partial charge < -0.3 is 9.84 Å². The van der Waals surface area contributed by atoms with Crippen LogP contribution in [0.1, 0.15) is 168 Å². The minimum atomic E-state index is -0.707. The summed E-state index contributed by atoms with van der Waals surface area (Å²) in [5.41, 5.74) is 0. The Morgan fingerprint density at radius 3 is 1.65 bits per heavy atom. The van der Waals surface area contributed by atoms with Crippen LogP contribution < -0.4 is 0 Å². The molecule has 1 atom stereocenters. The summed E-state index contributed by atoms with van der Waals surface area (Å²) in [6.45, 7) is 4.44. The Hall–Kier alpha value is -1.58. The molecule has 0 aliphatic carbocycles. The zero-order valence-electron chi connectivity index (χ0n) is 24.5. The van der Waals surface area contributed by atoms with Gasteiger partial charge in [0.05, 0.1) is 0 Å². The van der Waals surface area contributed by atoms with Crippen LogP contribution in [0.15, 0.2) is 24.3 Å². The van der Waals surface area contributed by atoms with Gasteiger partial charge >= 0.3 is 11.9 Å². The number of carbonyl (C=O) groups excluding carboxylic acids is 1. The summed E-state index contributed by atoms with van der Waals surface area (Å²) in [6, 6.07) is 0. The third-order valence-corrected chi connectivity index (χ3v) is 6.93. The van der Waals surface area contributed by atoms with E-state index in [0.717, 1.165) is 77.0 Å². The maximum Gasteiger partial charge on any atom is 0.306 e. The van der Waals surface area contributed by atoms with Gasteiger partial charge in [0.25, 0.3) is 0 Å². The van der Waals surface area contributed by atoms with Crippen LogP contribution in [0.5, 0.6) is 0 Å². The van der Waals surface area contributed by atoms with Crippen molar-refractivity contribution >= 4 is 11.9 Å². The van der Waals surface area contributed by atoms with Gasteiger partial charge in [0.15, 0.2) is 0 Å². The molecule has 0 aliphatic heterocycles. The Morgan fingerprint density at radius 2 is 1.05 bits per heavy atom. The smallest absolute Gasteiger partial charge is 0.306 e. The van der Waals surface area contributed by atoms with Crippen LogP contribution in [0.3, 0.4) is 0 Å². The summed E-state index contributed by atoms with van der Waals surface area (Å²) in [4.78, 5) is 22.9. The lowest BCUT2D eigenvalue weighted by molar-refractivity contribution is -0.150. The number of hydrogen-bond donors (Lipinski definition) is 1. The summed E-state index contributed by atoms with van der Waals surface area (Å²) in [5, 5.41) is 8.74. The zero-order valence-corrected chi connectivity index (χ0v) is 24.5. The van der Waals surface area contributed by atoms with Crippen LogP contribution in [0, 0.1) is 0 Å². The molecule has 0 bridgehead atoms. The highest BCUT2D eigenvalue weighted by Crippen LogP contribution is 2.18. The maximum absolute atomic E-state index is 12.3. The monoisotopic (exact) mass is 520 g/mol. The second-order valence-electron chi connectivity index (χ2n) is 10.6. The van der Waals surface area contributed by atoms with Crippen molar-refractivity contribution < 1.29 is 19.4 Å². The Kier molecular flexibility index (Phi) is 27.7. The lowest BCUT2D eigenvalue weighted by Crippen LogP contribution is -2.18. The summed E-state index contributed by atoms with van der Waals surface area (Å²) in [5.74, 6) is -0.735.